The van der Waals surface area contributed by atoms with Crippen molar-refractivity contribution in [2.45, 2.75) is 45.8 Å². The Morgan fingerprint density at radius 1 is 1.03 bits per heavy atom. The van der Waals surface area contributed by atoms with Crippen molar-refractivity contribution in [2.75, 3.05) is 16.8 Å². The predicted octanol–water partition coefficient (Wildman–Crippen LogP) is 2.41. The van der Waals surface area contributed by atoms with Crippen LogP contribution in [0.1, 0.15) is 31.9 Å². The van der Waals surface area contributed by atoms with E-state index in [1.54, 1.807) is 13.8 Å². The molecule has 29 heavy (non-hydrogen) atoms. The lowest BCUT2D eigenvalue weighted by atomic mass is 10.1. The molecule has 0 aromatic heterocycles. The summed E-state index contributed by atoms with van der Waals surface area (Å²) in [5.74, 6) is -0.416. The van der Waals surface area contributed by atoms with E-state index in [4.69, 9.17) is 0 Å². The van der Waals surface area contributed by atoms with Crippen molar-refractivity contribution in [3.63, 3.8) is 0 Å². The van der Waals surface area contributed by atoms with Crippen LogP contribution in [0.5, 0.6) is 0 Å². The normalized spacial score (nSPS) is 14.7. The van der Waals surface area contributed by atoms with Crippen LogP contribution in [0, 0.1) is 0 Å². The summed E-state index contributed by atoms with van der Waals surface area (Å²) in [7, 11) is -3.73. The first kappa shape index (κ1) is 21.3. The average molecular weight is 417 g/mol. The second kappa shape index (κ2) is 8.94. The van der Waals surface area contributed by atoms with Gasteiger partial charge in [0.15, 0.2) is 0 Å². The number of carbonyl (C=O) groups excluding carboxylic acids is 1. The smallest absolute Gasteiger partial charge is 0.277 e. The zero-order valence-corrected chi connectivity index (χ0v) is 17.8. The summed E-state index contributed by atoms with van der Waals surface area (Å²) < 4.78 is 28.5. The monoisotopic (exact) mass is 416 g/mol. The van der Waals surface area contributed by atoms with Crippen LogP contribution >= 0.6 is 0 Å². The first-order valence-corrected chi connectivity index (χ1v) is 11.2. The summed E-state index contributed by atoms with van der Waals surface area (Å²) in [4.78, 5) is 14.7. The SMILES string of the molecule is CC(C)NS(=O)(=O)N[C@H](C)C(=O)Nc1ccc(CN2CCc3ccccc32)cc1. The fourth-order valence-electron chi connectivity index (χ4n) is 3.37. The summed E-state index contributed by atoms with van der Waals surface area (Å²) in [6.07, 6.45) is 1.06. The van der Waals surface area contributed by atoms with E-state index < -0.39 is 22.2 Å². The van der Waals surface area contributed by atoms with Crippen LogP contribution in [0.3, 0.4) is 0 Å². The number of nitrogens with one attached hydrogen (secondary N) is 3. The Kier molecular flexibility index (Phi) is 6.56. The minimum atomic E-state index is -3.73. The third kappa shape index (κ3) is 5.79. The lowest BCUT2D eigenvalue weighted by molar-refractivity contribution is -0.117. The Hall–Kier alpha value is -2.42. The van der Waals surface area contributed by atoms with Gasteiger partial charge in [0, 0.05) is 30.5 Å². The molecule has 3 rings (SSSR count). The first-order valence-electron chi connectivity index (χ1n) is 9.76. The predicted molar refractivity (Wildman–Crippen MR) is 116 cm³/mol. The highest BCUT2D eigenvalue weighted by Gasteiger charge is 2.21. The summed E-state index contributed by atoms with van der Waals surface area (Å²) in [6, 6.07) is 14.9. The second-order valence-corrected chi connectivity index (χ2v) is 9.08. The number of rotatable bonds is 8. The van der Waals surface area contributed by atoms with E-state index in [-0.39, 0.29) is 6.04 Å². The molecular weight excluding hydrogens is 388 g/mol. The Balaban J connectivity index is 1.56. The van der Waals surface area contributed by atoms with Gasteiger partial charge in [-0.1, -0.05) is 30.3 Å². The molecule has 0 aliphatic carbocycles. The summed E-state index contributed by atoms with van der Waals surface area (Å²) in [5, 5.41) is 2.75. The molecule has 2 aromatic rings. The highest BCUT2D eigenvalue weighted by atomic mass is 32.2. The van der Waals surface area contributed by atoms with Gasteiger partial charge in [-0.05, 0) is 56.5 Å². The number of benzene rings is 2. The van der Waals surface area contributed by atoms with E-state index >= 15 is 0 Å². The Bertz CT molecular complexity index is 958. The van der Waals surface area contributed by atoms with Gasteiger partial charge in [-0.2, -0.15) is 17.9 Å². The third-order valence-electron chi connectivity index (χ3n) is 4.69. The molecule has 1 heterocycles. The molecule has 7 nitrogen and oxygen atoms in total. The van der Waals surface area contributed by atoms with Crippen molar-refractivity contribution in [3.8, 4) is 0 Å². The third-order valence-corrected chi connectivity index (χ3v) is 6.14. The molecule has 0 fully saturated rings. The lowest BCUT2D eigenvalue weighted by Crippen LogP contribution is -2.48. The molecule has 0 saturated carbocycles. The summed E-state index contributed by atoms with van der Waals surface area (Å²) in [6.45, 7) is 6.74. The zero-order chi connectivity index (χ0) is 21.0. The largest absolute Gasteiger partial charge is 0.367 e. The molecular formula is C21H28N4O3S. The highest BCUT2D eigenvalue weighted by molar-refractivity contribution is 7.87. The molecule has 1 amide bonds. The van der Waals surface area contributed by atoms with Crippen molar-refractivity contribution >= 4 is 27.5 Å². The molecule has 2 aromatic carbocycles. The van der Waals surface area contributed by atoms with E-state index in [0.717, 1.165) is 25.1 Å². The highest BCUT2D eigenvalue weighted by Crippen LogP contribution is 2.28. The molecule has 1 aliphatic rings. The molecule has 0 unspecified atom stereocenters. The standard InChI is InChI=1S/C21H28N4O3S/c1-15(2)23-29(27,28)24-16(3)21(26)22-19-10-8-17(9-11-19)14-25-13-12-18-6-4-5-7-20(18)25/h4-11,15-16,23-24H,12-14H2,1-3H3,(H,22,26)/t16-/m1/s1. The van der Waals surface area contributed by atoms with Crippen molar-refractivity contribution in [3.05, 3.63) is 59.7 Å². The number of fused-ring (bicyclic) bond motifs is 1. The van der Waals surface area contributed by atoms with Crippen LogP contribution < -0.4 is 19.7 Å². The lowest BCUT2D eigenvalue weighted by Gasteiger charge is -2.20. The molecule has 0 bridgehead atoms. The first-order chi connectivity index (χ1) is 13.7. The number of anilines is 2. The van der Waals surface area contributed by atoms with Gasteiger partial charge in [-0.25, -0.2) is 0 Å². The summed E-state index contributed by atoms with van der Waals surface area (Å²) in [5.41, 5.74) is 4.43. The molecule has 1 atom stereocenters. The van der Waals surface area contributed by atoms with E-state index in [1.165, 1.54) is 18.2 Å². The Morgan fingerprint density at radius 2 is 1.72 bits per heavy atom. The van der Waals surface area contributed by atoms with E-state index in [1.807, 2.05) is 24.3 Å². The van der Waals surface area contributed by atoms with E-state index in [0.29, 0.717) is 5.69 Å². The maximum atomic E-state index is 12.3. The van der Waals surface area contributed by atoms with Gasteiger partial charge in [0.05, 0.1) is 6.04 Å². The van der Waals surface area contributed by atoms with Gasteiger partial charge in [-0.3, -0.25) is 4.79 Å². The number of carbonyl (C=O) groups is 1. The van der Waals surface area contributed by atoms with Crippen LogP contribution in [-0.2, 0) is 28.0 Å². The molecule has 8 heteroatoms. The maximum absolute atomic E-state index is 12.3. The molecule has 0 saturated heterocycles. The second-order valence-electron chi connectivity index (χ2n) is 7.60. The number of hydrogen-bond acceptors (Lipinski definition) is 4. The fourth-order valence-corrected chi connectivity index (χ4v) is 4.63. The number of hydrogen-bond donors (Lipinski definition) is 3. The van der Waals surface area contributed by atoms with Crippen LogP contribution in [0.4, 0.5) is 11.4 Å². The molecule has 3 N–H and O–H groups in total. The van der Waals surface area contributed by atoms with Gasteiger partial charge < -0.3 is 10.2 Å². The Labute approximate surface area is 172 Å². The maximum Gasteiger partial charge on any atom is 0.277 e. The fraction of sp³-hybridized carbons (Fsp3) is 0.381. The molecule has 0 radical (unpaired) electrons. The topological polar surface area (TPSA) is 90.5 Å². The van der Waals surface area contributed by atoms with Gasteiger partial charge in [0.1, 0.15) is 0 Å². The van der Waals surface area contributed by atoms with Crippen molar-refractivity contribution in [1.82, 2.24) is 9.44 Å². The molecule has 0 spiro atoms. The van der Waals surface area contributed by atoms with Crippen LogP contribution in [0.2, 0.25) is 0 Å². The zero-order valence-electron chi connectivity index (χ0n) is 17.0. The van der Waals surface area contributed by atoms with E-state index in [2.05, 4.69) is 43.9 Å². The molecule has 156 valence electrons. The minimum absolute atomic E-state index is 0.252. The number of para-hydroxylation sites is 1. The van der Waals surface area contributed by atoms with Crippen LogP contribution in [-0.4, -0.2) is 33.0 Å². The molecule has 1 aliphatic heterocycles. The minimum Gasteiger partial charge on any atom is -0.367 e. The number of nitrogens with zero attached hydrogens (tertiary/aromatic N) is 1. The van der Waals surface area contributed by atoms with Gasteiger partial charge in [0.25, 0.3) is 10.2 Å². The van der Waals surface area contributed by atoms with E-state index in [9.17, 15) is 13.2 Å². The summed E-state index contributed by atoms with van der Waals surface area (Å²) >= 11 is 0. The van der Waals surface area contributed by atoms with Crippen molar-refractivity contribution < 1.29 is 13.2 Å². The van der Waals surface area contributed by atoms with Gasteiger partial charge in [-0.15, -0.1) is 0 Å². The van der Waals surface area contributed by atoms with Gasteiger partial charge in [0.2, 0.25) is 5.91 Å². The number of amides is 1. The van der Waals surface area contributed by atoms with Crippen LogP contribution in [0.25, 0.3) is 0 Å². The quantitative estimate of drug-likeness (QED) is 0.616. The Morgan fingerprint density at radius 3 is 2.41 bits per heavy atom. The average Bonchev–Trinajstić information content (AvgIpc) is 3.05. The van der Waals surface area contributed by atoms with Crippen LogP contribution in [0.15, 0.2) is 48.5 Å². The van der Waals surface area contributed by atoms with Crippen molar-refractivity contribution in [1.29, 1.82) is 0 Å². The van der Waals surface area contributed by atoms with Crippen molar-refractivity contribution in [2.24, 2.45) is 0 Å². The van der Waals surface area contributed by atoms with Gasteiger partial charge >= 0.3 is 0 Å².